The maximum atomic E-state index is 11.9. The molecule has 0 atom stereocenters. The molecule has 3 rings (SSSR count). The summed E-state index contributed by atoms with van der Waals surface area (Å²) in [6, 6.07) is 19.4. The van der Waals surface area contributed by atoms with E-state index in [-0.39, 0.29) is 0 Å². The van der Waals surface area contributed by atoms with Crippen LogP contribution in [0.1, 0.15) is 22.3 Å². The molecule has 0 saturated carbocycles. The lowest BCUT2D eigenvalue weighted by molar-refractivity contribution is -0.129. The van der Waals surface area contributed by atoms with Crippen molar-refractivity contribution in [1.82, 2.24) is 0 Å². The normalized spacial score (nSPS) is 10.6. The van der Waals surface area contributed by atoms with Gasteiger partial charge in [-0.25, -0.2) is 14.4 Å². The van der Waals surface area contributed by atoms with Crippen LogP contribution in [0.2, 0.25) is 0 Å². The first kappa shape index (κ1) is 26.4. The van der Waals surface area contributed by atoms with E-state index < -0.39 is 17.9 Å². The summed E-state index contributed by atoms with van der Waals surface area (Å²) in [6.45, 7) is 10.2. The van der Waals surface area contributed by atoms with Gasteiger partial charge in [-0.3, -0.25) is 0 Å². The number of benzene rings is 3. The summed E-state index contributed by atoms with van der Waals surface area (Å²) in [5.41, 5.74) is 3.22. The van der Waals surface area contributed by atoms with Crippen LogP contribution in [0.3, 0.4) is 0 Å². The van der Waals surface area contributed by atoms with Crippen LogP contribution >= 0.6 is 0 Å². The SMILES string of the molecule is C=CC(=O)Oc1ccc(/C=C/c2ccc(/C=C/c3ccc(OC(=O)C=C)cc3)c(OC(=O)C=C)c2)cc1. The number of carbonyl (C=O) groups is 3. The second kappa shape index (κ2) is 13.0. The fourth-order valence-electron chi connectivity index (χ4n) is 3.02. The molecule has 0 amide bonds. The Morgan fingerprint density at radius 2 is 0.919 bits per heavy atom. The number of carbonyl (C=O) groups excluding carboxylic acids is 3. The fraction of sp³-hybridized carbons (Fsp3) is 0. The quantitative estimate of drug-likeness (QED) is 0.143. The van der Waals surface area contributed by atoms with Gasteiger partial charge >= 0.3 is 17.9 Å². The minimum atomic E-state index is -0.575. The molecule has 0 aromatic heterocycles. The Bertz CT molecular complexity index is 1380. The first-order valence-electron chi connectivity index (χ1n) is 11.1. The average Bonchev–Trinajstić information content (AvgIpc) is 2.92. The van der Waals surface area contributed by atoms with Gasteiger partial charge in [0.1, 0.15) is 17.2 Å². The molecule has 184 valence electrons. The molecule has 0 unspecified atom stereocenters. The zero-order valence-corrected chi connectivity index (χ0v) is 20.0. The van der Waals surface area contributed by atoms with Gasteiger partial charge in [-0.05, 0) is 47.0 Å². The highest BCUT2D eigenvalue weighted by Crippen LogP contribution is 2.25. The highest BCUT2D eigenvalue weighted by molar-refractivity contribution is 5.86. The molecule has 0 aliphatic carbocycles. The van der Waals surface area contributed by atoms with E-state index >= 15 is 0 Å². The van der Waals surface area contributed by atoms with E-state index in [9.17, 15) is 14.4 Å². The predicted molar refractivity (Wildman–Crippen MR) is 145 cm³/mol. The largest absolute Gasteiger partial charge is 0.423 e. The van der Waals surface area contributed by atoms with Crippen LogP contribution in [0.25, 0.3) is 24.3 Å². The van der Waals surface area contributed by atoms with Gasteiger partial charge in [-0.2, -0.15) is 0 Å². The van der Waals surface area contributed by atoms with Crippen LogP contribution in [0, 0.1) is 0 Å². The number of ether oxygens (including phenoxy) is 3. The molecular weight excluding hydrogens is 468 g/mol. The summed E-state index contributed by atoms with van der Waals surface area (Å²) >= 11 is 0. The molecule has 0 radical (unpaired) electrons. The van der Waals surface area contributed by atoms with Crippen molar-refractivity contribution in [2.24, 2.45) is 0 Å². The number of rotatable bonds is 10. The Morgan fingerprint density at radius 1 is 0.514 bits per heavy atom. The first-order chi connectivity index (χ1) is 17.9. The van der Waals surface area contributed by atoms with Crippen molar-refractivity contribution in [1.29, 1.82) is 0 Å². The lowest BCUT2D eigenvalue weighted by atomic mass is 10.1. The Kier molecular flexibility index (Phi) is 9.28. The maximum absolute atomic E-state index is 11.9. The molecule has 37 heavy (non-hydrogen) atoms. The van der Waals surface area contributed by atoms with Crippen molar-refractivity contribution in [3.05, 3.63) is 127 Å². The fourth-order valence-corrected chi connectivity index (χ4v) is 3.02. The number of hydrogen-bond acceptors (Lipinski definition) is 6. The Hall–Kier alpha value is -5.23. The average molecular weight is 493 g/mol. The van der Waals surface area contributed by atoms with Crippen molar-refractivity contribution in [3.63, 3.8) is 0 Å². The minimum absolute atomic E-state index is 0.367. The van der Waals surface area contributed by atoms with Crippen LogP contribution in [-0.4, -0.2) is 17.9 Å². The summed E-state index contributed by atoms with van der Waals surface area (Å²) < 4.78 is 15.6. The molecule has 0 N–H and O–H groups in total. The van der Waals surface area contributed by atoms with Gasteiger partial charge in [-0.1, -0.05) is 80.4 Å². The Morgan fingerprint density at radius 3 is 1.41 bits per heavy atom. The van der Waals surface area contributed by atoms with Gasteiger partial charge in [-0.15, -0.1) is 0 Å². The third-order valence-electron chi connectivity index (χ3n) is 4.87. The van der Waals surface area contributed by atoms with Crippen LogP contribution in [-0.2, 0) is 14.4 Å². The maximum Gasteiger partial charge on any atom is 0.335 e. The van der Waals surface area contributed by atoms with E-state index in [4.69, 9.17) is 14.2 Å². The summed E-state index contributed by atoms with van der Waals surface area (Å²) in [6.07, 6.45) is 10.7. The second-order valence-corrected chi connectivity index (χ2v) is 7.48. The second-order valence-electron chi connectivity index (χ2n) is 7.48. The van der Waals surface area contributed by atoms with Crippen molar-refractivity contribution in [2.75, 3.05) is 0 Å². The van der Waals surface area contributed by atoms with Crippen molar-refractivity contribution >= 4 is 42.2 Å². The molecule has 6 heteroatoms. The molecule has 0 bridgehead atoms. The van der Waals surface area contributed by atoms with Crippen LogP contribution in [0.15, 0.2) is 105 Å². The Balaban J connectivity index is 1.78. The minimum Gasteiger partial charge on any atom is -0.423 e. The van der Waals surface area contributed by atoms with E-state index in [2.05, 4.69) is 19.7 Å². The summed E-state index contributed by atoms with van der Waals surface area (Å²) in [5, 5.41) is 0. The summed E-state index contributed by atoms with van der Waals surface area (Å²) in [7, 11) is 0. The standard InChI is InChI=1S/C31H24O6/c1-4-29(32)35-26-17-11-22(12-18-26)7-8-24-10-16-25(28(21-24)37-31(34)6-3)15-9-23-13-19-27(20-14-23)36-30(33)5-2/h4-21H,1-3H2/b8-7+,15-9+. The topological polar surface area (TPSA) is 78.9 Å². The third kappa shape index (κ3) is 8.19. The monoisotopic (exact) mass is 492 g/mol. The van der Waals surface area contributed by atoms with Gasteiger partial charge in [0.2, 0.25) is 0 Å². The van der Waals surface area contributed by atoms with Gasteiger partial charge < -0.3 is 14.2 Å². The van der Waals surface area contributed by atoms with Crippen LogP contribution in [0.4, 0.5) is 0 Å². The van der Waals surface area contributed by atoms with Gasteiger partial charge in [0.25, 0.3) is 0 Å². The van der Waals surface area contributed by atoms with Gasteiger partial charge in [0, 0.05) is 23.8 Å². The predicted octanol–water partition coefficient (Wildman–Crippen LogP) is 6.30. The van der Waals surface area contributed by atoms with Crippen molar-refractivity contribution in [3.8, 4) is 17.2 Å². The van der Waals surface area contributed by atoms with E-state index in [1.165, 1.54) is 0 Å². The highest BCUT2D eigenvalue weighted by atomic mass is 16.5. The summed E-state index contributed by atoms with van der Waals surface area (Å²) in [4.78, 5) is 34.5. The van der Waals surface area contributed by atoms with Crippen LogP contribution < -0.4 is 14.2 Å². The molecule has 0 fully saturated rings. The molecule has 6 nitrogen and oxygen atoms in total. The van der Waals surface area contributed by atoms with E-state index in [0.29, 0.717) is 22.8 Å². The molecular formula is C31H24O6. The van der Waals surface area contributed by atoms with E-state index in [0.717, 1.165) is 34.9 Å². The smallest absolute Gasteiger partial charge is 0.335 e. The molecule has 3 aromatic carbocycles. The zero-order chi connectivity index (χ0) is 26.6. The Labute approximate surface area is 215 Å². The number of esters is 3. The van der Waals surface area contributed by atoms with E-state index in [1.54, 1.807) is 42.5 Å². The van der Waals surface area contributed by atoms with Crippen molar-refractivity contribution in [2.45, 2.75) is 0 Å². The molecule has 0 aliphatic rings. The first-order valence-corrected chi connectivity index (χ1v) is 11.1. The van der Waals surface area contributed by atoms with Crippen LogP contribution in [0.5, 0.6) is 17.2 Å². The lowest BCUT2D eigenvalue weighted by Crippen LogP contribution is -2.04. The van der Waals surface area contributed by atoms with E-state index in [1.807, 2.05) is 48.6 Å². The molecule has 0 heterocycles. The summed E-state index contributed by atoms with van der Waals surface area (Å²) in [5.74, 6) is -0.432. The zero-order valence-electron chi connectivity index (χ0n) is 20.0. The molecule has 0 spiro atoms. The molecule has 3 aromatic rings. The van der Waals surface area contributed by atoms with Gasteiger partial charge in [0.15, 0.2) is 0 Å². The lowest BCUT2D eigenvalue weighted by Gasteiger charge is -2.08. The molecule has 0 saturated heterocycles. The third-order valence-corrected chi connectivity index (χ3v) is 4.87. The molecule has 0 aliphatic heterocycles. The van der Waals surface area contributed by atoms with Crippen molar-refractivity contribution < 1.29 is 28.6 Å². The highest BCUT2D eigenvalue weighted by Gasteiger charge is 2.07. The van der Waals surface area contributed by atoms with Gasteiger partial charge in [0.05, 0.1) is 0 Å². The number of hydrogen-bond donors (Lipinski definition) is 0.